The molecule has 0 bridgehead atoms. The highest BCUT2D eigenvalue weighted by atomic mass is 79.9. The van der Waals surface area contributed by atoms with Crippen LogP contribution in [0.3, 0.4) is 0 Å². The van der Waals surface area contributed by atoms with Gasteiger partial charge < -0.3 is 10.1 Å². The lowest BCUT2D eigenvalue weighted by molar-refractivity contribution is 0.477. The Bertz CT molecular complexity index is 689. The molecule has 0 amide bonds. The summed E-state index contributed by atoms with van der Waals surface area (Å²) in [4.78, 5) is 0. The van der Waals surface area contributed by atoms with Gasteiger partial charge >= 0.3 is 0 Å². The number of benzene rings is 2. The number of hydrogen-bond donors (Lipinski definition) is 1. The lowest BCUT2D eigenvalue weighted by Crippen LogP contribution is -2.15. The molecule has 0 radical (unpaired) electrons. The van der Waals surface area contributed by atoms with E-state index in [0.717, 1.165) is 16.6 Å². The largest absolute Gasteiger partial charge is 0.455 e. The molecule has 2 aromatic rings. The number of rotatable bonds is 5. The van der Waals surface area contributed by atoms with Crippen LogP contribution in [-0.4, -0.2) is 6.04 Å². The molecule has 3 nitrogen and oxygen atoms in total. The van der Waals surface area contributed by atoms with Gasteiger partial charge in [-0.15, -0.1) is 0 Å². The minimum Gasteiger partial charge on any atom is -0.455 e. The number of halogens is 1. The van der Waals surface area contributed by atoms with Crippen LogP contribution in [0.5, 0.6) is 11.5 Å². The van der Waals surface area contributed by atoms with Gasteiger partial charge in [0.1, 0.15) is 17.6 Å². The van der Waals surface area contributed by atoms with E-state index in [0.29, 0.717) is 23.1 Å². The predicted molar refractivity (Wildman–Crippen MR) is 85.2 cm³/mol. The van der Waals surface area contributed by atoms with Crippen molar-refractivity contribution in [2.24, 2.45) is 0 Å². The molecule has 0 saturated heterocycles. The summed E-state index contributed by atoms with van der Waals surface area (Å²) in [5, 5.41) is 12.8. The number of nitrogens with one attached hydrogen (secondary N) is 1. The molecule has 106 valence electrons. The molecule has 1 N–H and O–H groups in total. The third kappa shape index (κ3) is 3.63. The first kappa shape index (κ1) is 14.1. The van der Waals surface area contributed by atoms with E-state index in [4.69, 9.17) is 4.74 Å². The second-order valence-corrected chi connectivity index (χ2v) is 5.98. The van der Waals surface area contributed by atoms with Crippen molar-refractivity contribution in [3.05, 3.63) is 58.1 Å². The van der Waals surface area contributed by atoms with E-state index in [2.05, 4.69) is 27.3 Å². The van der Waals surface area contributed by atoms with E-state index in [1.54, 1.807) is 0 Å². The van der Waals surface area contributed by atoms with Gasteiger partial charge in [-0.1, -0.05) is 18.2 Å². The Balaban J connectivity index is 1.78. The standard InChI is InChI=1S/C17H15BrN2O/c18-15-3-1-2-4-17(15)21-16-8-5-12(9-13(16)10-19)11-20-14-6-7-14/h1-5,8-9,14,20H,6-7,11H2. The molecule has 21 heavy (non-hydrogen) atoms. The molecule has 4 heteroatoms. The Labute approximate surface area is 132 Å². The van der Waals surface area contributed by atoms with Crippen LogP contribution in [-0.2, 0) is 6.54 Å². The topological polar surface area (TPSA) is 45.0 Å². The van der Waals surface area contributed by atoms with Crippen LogP contribution in [0.15, 0.2) is 46.9 Å². The van der Waals surface area contributed by atoms with Crippen molar-refractivity contribution in [3.8, 4) is 17.6 Å². The molecule has 3 rings (SSSR count). The predicted octanol–water partition coefficient (Wildman–Crippen LogP) is 4.37. The molecule has 1 fully saturated rings. The van der Waals surface area contributed by atoms with Crippen LogP contribution in [0, 0.1) is 11.3 Å². The van der Waals surface area contributed by atoms with Crippen LogP contribution >= 0.6 is 15.9 Å². The lowest BCUT2D eigenvalue weighted by Gasteiger charge is -2.10. The van der Waals surface area contributed by atoms with Gasteiger partial charge in [0.15, 0.2) is 0 Å². The van der Waals surface area contributed by atoms with E-state index < -0.39 is 0 Å². The molecular formula is C17H15BrN2O. The maximum atomic E-state index is 9.32. The molecule has 0 aromatic heterocycles. The average Bonchev–Trinajstić information content (AvgIpc) is 3.32. The Morgan fingerprint density at radius 1 is 1.19 bits per heavy atom. The smallest absolute Gasteiger partial charge is 0.145 e. The van der Waals surface area contributed by atoms with Crippen molar-refractivity contribution >= 4 is 15.9 Å². The number of hydrogen-bond acceptors (Lipinski definition) is 3. The van der Waals surface area contributed by atoms with Crippen molar-refractivity contribution in [2.45, 2.75) is 25.4 Å². The molecule has 1 aliphatic carbocycles. The van der Waals surface area contributed by atoms with E-state index in [-0.39, 0.29) is 0 Å². The van der Waals surface area contributed by atoms with Gasteiger partial charge in [-0.2, -0.15) is 5.26 Å². The highest BCUT2D eigenvalue weighted by Crippen LogP contribution is 2.31. The van der Waals surface area contributed by atoms with Crippen LogP contribution < -0.4 is 10.1 Å². The summed E-state index contributed by atoms with van der Waals surface area (Å²) in [6.07, 6.45) is 2.52. The number of nitrogens with zero attached hydrogens (tertiary/aromatic N) is 1. The van der Waals surface area contributed by atoms with Gasteiger partial charge in [0.25, 0.3) is 0 Å². The second kappa shape index (κ2) is 6.30. The monoisotopic (exact) mass is 342 g/mol. The fraction of sp³-hybridized carbons (Fsp3) is 0.235. The summed E-state index contributed by atoms with van der Waals surface area (Å²) in [7, 11) is 0. The van der Waals surface area contributed by atoms with Gasteiger partial charge in [-0.05, 0) is 58.6 Å². The van der Waals surface area contributed by atoms with Crippen LogP contribution in [0.1, 0.15) is 24.0 Å². The summed E-state index contributed by atoms with van der Waals surface area (Å²) in [6.45, 7) is 0.800. The van der Waals surface area contributed by atoms with Gasteiger partial charge in [0.05, 0.1) is 10.0 Å². The average molecular weight is 343 g/mol. The Morgan fingerprint density at radius 3 is 2.71 bits per heavy atom. The third-order valence-corrected chi connectivity index (χ3v) is 4.05. The Hall–Kier alpha value is -1.83. The molecule has 0 unspecified atom stereocenters. The van der Waals surface area contributed by atoms with Crippen LogP contribution in [0.25, 0.3) is 0 Å². The molecule has 0 aliphatic heterocycles. The second-order valence-electron chi connectivity index (χ2n) is 5.13. The fourth-order valence-corrected chi connectivity index (χ4v) is 2.42. The van der Waals surface area contributed by atoms with Crippen molar-refractivity contribution in [1.82, 2.24) is 5.32 Å². The summed E-state index contributed by atoms with van der Waals surface area (Å²) < 4.78 is 6.70. The molecule has 0 atom stereocenters. The number of ether oxygens (including phenoxy) is 1. The normalized spacial score (nSPS) is 13.7. The van der Waals surface area contributed by atoms with Crippen LogP contribution in [0.2, 0.25) is 0 Å². The first-order chi connectivity index (χ1) is 10.3. The SMILES string of the molecule is N#Cc1cc(CNC2CC2)ccc1Oc1ccccc1Br. The number of para-hydroxylation sites is 1. The molecule has 0 heterocycles. The zero-order chi connectivity index (χ0) is 14.7. The maximum Gasteiger partial charge on any atom is 0.145 e. The molecular weight excluding hydrogens is 328 g/mol. The Morgan fingerprint density at radius 2 is 2.00 bits per heavy atom. The molecule has 1 saturated carbocycles. The van der Waals surface area contributed by atoms with E-state index in [1.165, 1.54) is 12.8 Å². The first-order valence-corrected chi connectivity index (χ1v) is 7.74. The van der Waals surface area contributed by atoms with E-state index in [9.17, 15) is 5.26 Å². The summed E-state index contributed by atoms with van der Waals surface area (Å²) in [6, 6.07) is 16.2. The van der Waals surface area contributed by atoms with Gasteiger partial charge in [0, 0.05) is 12.6 Å². The Kier molecular flexibility index (Phi) is 4.23. The van der Waals surface area contributed by atoms with Crippen molar-refractivity contribution in [3.63, 3.8) is 0 Å². The minimum atomic E-state index is 0.556. The summed E-state index contributed by atoms with van der Waals surface area (Å²) in [5.41, 5.74) is 1.67. The molecule has 1 aliphatic rings. The van der Waals surface area contributed by atoms with Crippen molar-refractivity contribution in [2.75, 3.05) is 0 Å². The summed E-state index contributed by atoms with van der Waals surface area (Å²) >= 11 is 3.44. The van der Waals surface area contributed by atoms with E-state index >= 15 is 0 Å². The van der Waals surface area contributed by atoms with Gasteiger partial charge in [0.2, 0.25) is 0 Å². The van der Waals surface area contributed by atoms with Crippen LogP contribution in [0.4, 0.5) is 0 Å². The van der Waals surface area contributed by atoms with Gasteiger partial charge in [-0.3, -0.25) is 0 Å². The minimum absolute atomic E-state index is 0.556. The van der Waals surface area contributed by atoms with E-state index in [1.807, 2.05) is 42.5 Å². The molecule has 0 spiro atoms. The zero-order valence-corrected chi connectivity index (χ0v) is 13.1. The lowest BCUT2D eigenvalue weighted by atomic mass is 10.1. The highest BCUT2D eigenvalue weighted by Gasteiger charge is 2.20. The van der Waals surface area contributed by atoms with Crippen molar-refractivity contribution < 1.29 is 4.74 Å². The number of nitriles is 1. The van der Waals surface area contributed by atoms with Crippen molar-refractivity contribution in [1.29, 1.82) is 5.26 Å². The fourth-order valence-electron chi connectivity index (χ4n) is 2.06. The maximum absolute atomic E-state index is 9.32. The quantitative estimate of drug-likeness (QED) is 0.877. The highest BCUT2D eigenvalue weighted by molar-refractivity contribution is 9.10. The molecule has 2 aromatic carbocycles. The summed E-state index contributed by atoms with van der Waals surface area (Å²) in [5.74, 6) is 1.29. The van der Waals surface area contributed by atoms with Gasteiger partial charge in [-0.25, -0.2) is 0 Å². The first-order valence-electron chi connectivity index (χ1n) is 6.95. The zero-order valence-electron chi connectivity index (χ0n) is 11.5. The third-order valence-electron chi connectivity index (χ3n) is 3.39.